The molecule has 0 saturated carbocycles. The molecule has 2 N–H and O–H groups in total. The van der Waals surface area contributed by atoms with Crippen LogP contribution >= 0.6 is 15.9 Å². The molecule has 2 aromatic rings. The molecule has 0 aromatic heterocycles. The Hall–Kier alpha value is -1.52. The number of halogens is 1. The first-order chi connectivity index (χ1) is 9.22. The van der Waals surface area contributed by atoms with E-state index in [4.69, 9.17) is 15.2 Å². The summed E-state index contributed by atoms with van der Waals surface area (Å²) in [6.45, 7) is 1.05. The van der Waals surface area contributed by atoms with Gasteiger partial charge in [-0.05, 0) is 45.3 Å². The first-order valence-corrected chi connectivity index (χ1v) is 6.76. The van der Waals surface area contributed by atoms with Crippen molar-refractivity contribution >= 4 is 15.9 Å². The van der Waals surface area contributed by atoms with Crippen molar-refractivity contribution < 1.29 is 9.47 Å². The van der Waals surface area contributed by atoms with Crippen molar-refractivity contribution in [2.75, 3.05) is 7.11 Å². The average molecular weight is 322 g/mol. The monoisotopic (exact) mass is 321 g/mol. The summed E-state index contributed by atoms with van der Waals surface area (Å²) < 4.78 is 11.8. The molecule has 0 aliphatic carbocycles. The summed E-state index contributed by atoms with van der Waals surface area (Å²) in [7, 11) is 1.64. The standard InChI is InChI=1S/C15H16BrNO2/c1-18-13-5-6-15(14(16)8-13)19-10-12-4-2-3-11(7-12)9-17/h2-8H,9-10,17H2,1H3. The molecule has 0 radical (unpaired) electrons. The highest BCUT2D eigenvalue weighted by atomic mass is 79.9. The van der Waals surface area contributed by atoms with Gasteiger partial charge in [0.15, 0.2) is 0 Å². The molecule has 100 valence electrons. The number of rotatable bonds is 5. The maximum absolute atomic E-state index is 5.78. The fourth-order valence-corrected chi connectivity index (χ4v) is 2.21. The number of ether oxygens (including phenoxy) is 2. The zero-order chi connectivity index (χ0) is 13.7. The van der Waals surface area contributed by atoms with Crippen LogP contribution in [0.4, 0.5) is 0 Å². The Bertz CT molecular complexity index is 558. The van der Waals surface area contributed by atoms with Crippen molar-refractivity contribution in [2.24, 2.45) is 5.73 Å². The van der Waals surface area contributed by atoms with E-state index >= 15 is 0 Å². The van der Waals surface area contributed by atoms with Gasteiger partial charge in [-0.3, -0.25) is 0 Å². The second-order valence-corrected chi connectivity index (χ2v) is 4.96. The van der Waals surface area contributed by atoms with Crippen molar-refractivity contribution in [3.8, 4) is 11.5 Å². The summed E-state index contributed by atoms with van der Waals surface area (Å²) in [6.07, 6.45) is 0. The summed E-state index contributed by atoms with van der Waals surface area (Å²) in [5.41, 5.74) is 7.83. The molecular formula is C15H16BrNO2. The minimum absolute atomic E-state index is 0.513. The van der Waals surface area contributed by atoms with Gasteiger partial charge in [-0.15, -0.1) is 0 Å². The third kappa shape index (κ3) is 3.72. The fourth-order valence-electron chi connectivity index (χ4n) is 1.73. The first-order valence-electron chi connectivity index (χ1n) is 5.97. The Balaban J connectivity index is 2.05. The van der Waals surface area contributed by atoms with E-state index in [0.29, 0.717) is 13.2 Å². The van der Waals surface area contributed by atoms with Crippen LogP contribution in [0.5, 0.6) is 11.5 Å². The molecule has 0 aliphatic heterocycles. The van der Waals surface area contributed by atoms with E-state index in [9.17, 15) is 0 Å². The van der Waals surface area contributed by atoms with Crippen LogP contribution in [0.3, 0.4) is 0 Å². The predicted octanol–water partition coefficient (Wildman–Crippen LogP) is 3.50. The second kappa shape index (κ2) is 6.59. The predicted molar refractivity (Wildman–Crippen MR) is 79.4 cm³/mol. The first kappa shape index (κ1) is 13.9. The summed E-state index contributed by atoms with van der Waals surface area (Å²) in [5, 5.41) is 0. The van der Waals surface area contributed by atoms with Crippen LogP contribution in [-0.2, 0) is 13.2 Å². The smallest absolute Gasteiger partial charge is 0.134 e. The van der Waals surface area contributed by atoms with Crippen LogP contribution < -0.4 is 15.2 Å². The van der Waals surface area contributed by atoms with E-state index in [-0.39, 0.29) is 0 Å². The largest absolute Gasteiger partial charge is 0.497 e. The van der Waals surface area contributed by atoms with Gasteiger partial charge in [-0.2, -0.15) is 0 Å². The number of hydrogen-bond acceptors (Lipinski definition) is 3. The summed E-state index contributed by atoms with van der Waals surface area (Å²) in [4.78, 5) is 0. The van der Waals surface area contributed by atoms with E-state index in [1.54, 1.807) is 7.11 Å². The van der Waals surface area contributed by atoms with Gasteiger partial charge in [-0.1, -0.05) is 24.3 Å². The fraction of sp³-hybridized carbons (Fsp3) is 0.200. The number of nitrogens with two attached hydrogens (primary N) is 1. The van der Waals surface area contributed by atoms with Crippen molar-refractivity contribution in [2.45, 2.75) is 13.2 Å². The summed E-state index contributed by atoms with van der Waals surface area (Å²) in [6, 6.07) is 13.7. The molecule has 19 heavy (non-hydrogen) atoms. The minimum Gasteiger partial charge on any atom is -0.497 e. The van der Waals surface area contributed by atoms with Crippen molar-refractivity contribution in [1.29, 1.82) is 0 Å². The highest BCUT2D eigenvalue weighted by Gasteiger charge is 2.03. The van der Waals surface area contributed by atoms with Gasteiger partial charge < -0.3 is 15.2 Å². The molecule has 3 nitrogen and oxygen atoms in total. The molecule has 0 spiro atoms. The normalized spacial score (nSPS) is 10.3. The summed E-state index contributed by atoms with van der Waals surface area (Å²) >= 11 is 3.46. The molecule has 2 aromatic carbocycles. The van der Waals surface area contributed by atoms with Gasteiger partial charge >= 0.3 is 0 Å². The van der Waals surface area contributed by atoms with Crippen LogP contribution in [0.2, 0.25) is 0 Å². The van der Waals surface area contributed by atoms with Gasteiger partial charge in [0.1, 0.15) is 18.1 Å². The van der Waals surface area contributed by atoms with E-state index < -0.39 is 0 Å². The molecular weight excluding hydrogens is 306 g/mol. The topological polar surface area (TPSA) is 44.5 Å². The van der Waals surface area contributed by atoms with E-state index in [2.05, 4.69) is 22.0 Å². The molecule has 0 aliphatic rings. The molecule has 0 saturated heterocycles. The van der Waals surface area contributed by atoms with Crippen LogP contribution in [0.1, 0.15) is 11.1 Å². The number of methoxy groups -OCH3 is 1. The molecule has 4 heteroatoms. The van der Waals surface area contributed by atoms with Gasteiger partial charge in [0.25, 0.3) is 0 Å². The SMILES string of the molecule is COc1ccc(OCc2cccc(CN)c2)c(Br)c1. The molecule has 0 fully saturated rings. The van der Waals surface area contributed by atoms with E-state index in [0.717, 1.165) is 27.1 Å². The number of hydrogen-bond donors (Lipinski definition) is 1. The van der Waals surface area contributed by atoms with Crippen LogP contribution in [0.15, 0.2) is 46.9 Å². The Morgan fingerprint density at radius 2 is 1.89 bits per heavy atom. The lowest BCUT2D eigenvalue weighted by Crippen LogP contribution is -2.00. The van der Waals surface area contributed by atoms with Crippen LogP contribution in [0, 0.1) is 0 Å². The van der Waals surface area contributed by atoms with Crippen LogP contribution in [-0.4, -0.2) is 7.11 Å². The quantitative estimate of drug-likeness (QED) is 0.916. The second-order valence-electron chi connectivity index (χ2n) is 4.11. The summed E-state index contributed by atoms with van der Waals surface area (Å²) in [5.74, 6) is 1.59. The molecule has 2 rings (SSSR count). The zero-order valence-electron chi connectivity index (χ0n) is 10.7. The Kier molecular flexibility index (Phi) is 4.82. The number of benzene rings is 2. The third-order valence-electron chi connectivity index (χ3n) is 2.76. The van der Waals surface area contributed by atoms with Crippen molar-refractivity contribution in [1.82, 2.24) is 0 Å². The lowest BCUT2D eigenvalue weighted by molar-refractivity contribution is 0.303. The van der Waals surface area contributed by atoms with Gasteiger partial charge in [0, 0.05) is 6.54 Å². The van der Waals surface area contributed by atoms with Crippen LogP contribution in [0.25, 0.3) is 0 Å². The Morgan fingerprint density at radius 3 is 2.58 bits per heavy atom. The Labute approximate surface area is 121 Å². The zero-order valence-corrected chi connectivity index (χ0v) is 12.3. The van der Waals surface area contributed by atoms with Crippen molar-refractivity contribution in [3.05, 3.63) is 58.1 Å². The lowest BCUT2D eigenvalue weighted by atomic mass is 10.1. The van der Waals surface area contributed by atoms with Crippen molar-refractivity contribution in [3.63, 3.8) is 0 Å². The van der Waals surface area contributed by atoms with E-state index in [1.807, 2.05) is 36.4 Å². The maximum Gasteiger partial charge on any atom is 0.134 e. The van der Waals surface area contributed by atoms with E-state index in [1.165, 1.54) is 0 Å². The highest BCUT2D eigenvalue weighted by Crippen LogP contribution is 2.29. The molecule has 0 amide bonds. The molecule has 0 bridgehead atoms. The lowest BCUT2D eigenvalue weighted by Gasteiger charge is -2.10. The van der Waals surface area contributed by atoms with Gasteiger partial charge in [0.05, 0.1) is 11.6 Å². The minimum atomic E-state index is 0.513. The highest BCUT2D eigenvalue weighted by molar-refractivity contribution is 9.10. The Morgan fingerprint density at radius 1 is 1.11 bits per heavy atom. The average Bonchev–Trinajstić information content (AvgIpc) is 2.46. The maximum atomic E-state index is 5.78. The van der Waals surface area contributed by atoms with Gasteiger partial charge in [-0.25, -0.2) is 0 Å². The molecule has 0 heterocycles. The molecule has 0 atom stereocenters. The molecule has 0 unspecified atom stereocenters. The third-order valence-corrected chi connectivity index (χ3v) is 3.38. The van der Waals surface area contributed by atoms with Gasteiger partial charge in [0.2, 0.25) is 0 Å².